The Bertz CT molecular complexity index is 875. The molecule has 0 aromatic carbocycles. The number of aliphatic hydroxyl groups is 2. The molecule has 4 fully saturated rings. The van der Waals surface area contributed by atoms with Crippen molar-refractivity contribution in [2.24, 2.45) is 28.6 Å². The number of aliphatic hydroxyl groups excluding tert-OH is 1. The summed E-state index contributed by atoms with van der Waals surface area (Å²) in [6.45, 7) is 8.10. The van der Waals surface area contributed by atoms with Crippen molar-refractivity contribution in [1.29, 1.82) is 0 Å². The fourth-order valence-electron chi connectivity index (χ4n) is 8.13. The van der Waals surface area contributed by atoms with E-state index in [2.05, 4.69) is 30.7 Å². The zero-order valence-electron chi connectivity index (χ0n) is 19.7. The number of likely N-dealkylation sites (N-methyl/N-ethyl adjacent to an activating group) is 1. The number of hydrogen-bond acceptors (Lipinski definition) is 6. The Morgan fingerprint density at radius 1 is 1.19 bits per heavy atom. The molecule has 7 atom stereocenters. The van der Waals surface area contributed by atoms with Crippen LogP contribution in [0, 0.1) is 28.6 Å². The van der Waals surface area contributed by atoms with E-state index in [1.54, 1.807) is 12.2 Å². The first kappa shape index (κ1) is 22.5. The van der Waals surface area contributed by atoms with Crippen LogP contribution in [-0.4, -0.2) is 83.1 Å². The SMILES string of the molecule is CN1CCN(CC(=O)[C@@]2(O)CC[C@H]3[C@H]4CCC5=CC(=O)C=C[C@@]5(C)[C@@H]4[C@H](O)C[C@]32C)CC1. The summed E-state index contributed by atoms with van der Waals surface area (Å²) in [6, 6.07) is 0. The molecule has 1 heterocycles. The molecule has 0 aromatic rings. The average Bonchev–Trinajstić information content (AvgIpc) is 3.01. The van der Waals surface area contributed by atoms with Crippen LogP contribution >= 0.6 is 0 Å². The molecule has 5 aliphatic rings. The molecule has 0 radical (unpaired) electrons. The van der Waals surface area contributed by atoms with Gasteiger partial charge in [0, 0.05) is 42.9 Å². The predicted molar refractivity (Wildman–Crippen MR) is 122 cm³/mol. The zero-order chi connectivity index (χ0) is 22.9. The maximum absolute atomic E-state index is 13.5. The smallest absolute Gasteiger partial charge is 0.178 e. The lowest BCUT2D eigenvalue weighted by molar-refractivity contribution is -0.177. The Kier molecular flexibility index (Phi) is 5.32. The third-order valence-corrected chi connectivity index (χ3v) is 10.1. The first-order valence-corrected chi connectivity index (χ1v) is 12.4. The highest BCUT2D eigenvalue weighted by Crippen LogP contribution is 2.67. The van der Waals surface area contributed by atoms with Gasteiger partial charge in [-0.3, -0.25) is 14.5 Å². The fourth-order valence-corrected chi connectivity index (χ4v) is 8.13. The molecule has 0 spiro atoms. The molecule has 176 valence electrons. The summed E-state index contributed by atoms with van der Waals surface area (Å²) in [5, 5.41) is 23.3. The fraction of sp³-hybridized carbons (Fsp3) is 0.769. The normalized spacial score (nSPS) is 46.9. The van der Waals surface area contributed by atoms with E-state index in [4.69, 9.17) is 0 Å². The summed E-state index contributed by atoms with van der Waals surface area (Å²) < 4.78 is 0. The first-order valence-electron chi connectivity index (χ1n) is 12.4. The van der Waals surface area contributed by atoms with Crippen LogP contribution in [0.15, 0.2) is 23.8 Å². The van der Waals surface area contributed by atoms with Crippen LogP contribution in [0.1, 0.15) is 46.0 Å². The highest BCUT2D eigenvalue weighted by molar-refractivity contribution is 6.01. The van der Waals surface area contributed by atoms with Crippen molar-refractivity contribution in [1.82, 2.24) is 9.80 Å². The Labute approximate surface area is 191 Å². The van der Waals surface area contributed by atoms with Crippen LogP contribution in [-0.2, 0) is 9.59 Å². The second-order valence-electron chi connectivity index (χ2n) is 11.6. The maximum Gasteiger partial charge on any atom is 0.178 e. The summed E-state index contributed by atoms with van der Waals surface area (Å²) in [4.78, 5) is 29.9. The highest BCUT2D eigenvalue weighted by Gasteiger charge is 2.68. The van der Waals surface area contributed by atoms with Gasteiger partial charge in [0.1, 0.15) is 5.60 Å². The number of allylic oxidation sites excluding steroid dienone is 4. The highest BCUT2D eigenvalue weighted by atomic mass is 16.3. The lowest BCUT2D eigenvalue weighted by Crippen LogP contribution is -2.62. The second-order valence-corrected chi connectivity index (χ2v) is 11.6. The Hall–Kier alpha value is -1.34. The number of ketones is 2. The van der Waals surface area contributed by atoms with Crippen molar-refractivity contribution in [3.05, 3.63) is 23.8 Å². The lowest BCUT2D eigenvalue weighted by atomic mass is 9.46. The largest absolute Gasteiger partial charge is 0.393 e. The molecule has 1 saturated heterocycles. The van der Waals surface area contributed by atoms with Gasteiger partial charge in [0.25, 0.3) is 0 Å². The van der Waals surface area contributed by atoms with Crippen molar-refractivity contribution < 1.29 is 19.8 Å². The summed E-state index contributed by atoms with van der Waals surface area (Å²) >= 11 is 0. The summed E-state index contributed by atoms with van der Waals surface area (Å²) in [5.74, 6) is 0.454. The third kappa shape index (κ3) is 3.13. The van der Waals surface area contributed by atoms with Crippen molar-refractivity contribution >= 4 is 11.6 Å². The second kappa shape index (κ2) is 7.59. The maximum atomic E-state index is 13.5. The topological polar surface area (TPSA) is 81.1 Å². The lowest BCUT2D eigenvalue weighted by Gasteiger charge is -2.59. The van der Waals surface area contributed by atoms with E-state index in [0.717, 1.165) is 51.0 Å². The number of fused-ring (bicyclic) bond motifs is 5. The minimum absolute atomic E-state index is 0.0278. The molecular formula is C26H38N2O4. The monoisotopic (exact) mass is 442 g/mol. The molecule has 3 saturated carbocycles. The minimum Gasteiger partial charge on any atom is -0.393 e. The predicted octanol–water partition coefficient (Wildman–Crippen LogP) is 1.81. The summed E-state index contributed by atoms with van der Waals surface area (Å²) in [5.41, 5.74) is -1.17. The van der Waals surface area contributed by atoms with Crippen molar-refractivity contribution in [3.8, 4) is 0 Å². The van der Waals surface area contributed by atoms with Gasteiger partial charge in [0.05, 0.1) is 12.6 Å². The first-order chi connectivity index (χ1) is 15.1. The standard InChI is InChI=1S/C26H38N2O4/c1-24-8-6-18(29)14-17(24)4-5-19-20-7-9-26(32,25(20,2)15-21(30)23(19)24)22(31)16-28-12-10-27(3)11-13-28/h6,8,14,19-21,23,30,32H,4-5,7,9-13,15-16H2,1-3H3/t19-,20+,21-,23+,24-,25-,26+/m1/s1. The van der Waals surface area contributed by atoms with Gasteiger partial charge in [0.15, 0.2) is 11.6 Å². The Balaban J connectivity index is 1.40. The van der Waals surface area contributed by atoms with E-state index in [1.165, 1.54) is 0 Å². The molecule has 6 heteroatoms. The molecule has 0 unspecified atom stereocenters. The van der Waals surface area contributed by atoms with E-state index in [9.17, 15) is 19.8 Å². The van der Waals surface area contributed by atoms with Gasteiger partial charge < -0.3 is 15.1 Å². The van der Waals surface area contributed by atoms with Crippen LogP contribution in [0.5, 0.6) is 0 Å². The molecule has 0 aromatic heterocycles. The number of Topliss-reactive ketones (excluding diaryl/α,β-unsaturated/α-hetero) is 1. The van der Waals surface area contributed by atoms with Crippen molar-refractivity contribution in [2.75, 3.05) is 39.8 Å². The minimum atomic E-state index is -1.37. The van der Waals surface area contributed by atoms with Crippen LogP contribution in [0.4, 0.5) is 0 Å². The zero-order valence-corrected chi connectivity index (χ0v) is 19.7. The van der Waals surface area contributed by atoms with Gasteiger partial charge in [-0.15, -0.1) is 0 Å². The molecule has 2 N–H and O–H groups in total. The Morgan fingerprint density at radius 3 is 2.62 bits per heavy atom. The van der Waals surface area contributed by atoms with E-state index < -0.39 is 17.1 Å². The number of rotatable bonds is 3. The van der Waals surface area contributed by atoms with Crippen LogP contribution in [0.25, 0.3) is 0 Å². The molecule has 4 aliphatic carbocycles. The van der Waals surface area contributed by atoms with Crippen molar-refractivity contribution in [3.63, 3.8) is 0 Å². The molecule has 6 nitrogen and oxygen atoms in total. The molecule has 0 amide bonds. The number of carbonyl (C=O) groups excluding carboxylic acids is 2. The third-order valence-electron chi connectivity index (χ3n) is 10.1. The average molecular weight is 443 g/mol. The van der Waals surface area contributed by atoms with Crippen LogP contribution in [0.3, 0.4) is 0 Å². The van der Waals surface area contributed by atoms with Crippen LogP contribution < -0.4 is 0 Å². The van der Waals surface area contributed by atoms with Gasteiger partial charge in [-0.25, -0.2) is 0 Å². The molecule has 0 bridgehead atoms. The van der Waals surface area contributed by atoms with Gasteiger partial charge in [-0.1, -0.05) is 25.5 Å². The van der Waals surface area contributed by atoms with Gasteiger partial charge >= 0.3 is 0 Å². The molecule has 1 aliphatic heterocycles. The number of hydrogen-bond donors (Lipinski definition) is 2. The summed E-state index contributed by atoms with van der Waals surface area (Å²) in [6.07, 6.45) is 8.33. The van der Waals surface area contributed by atoms with Gasteiger partial charge in [0.2, 0.25) is 0 Å². The number of nitrogens with zero attached hydrogens (tertiary/aromatic N) is 2. The van der Waals surface area contributed by atoms with Crippen LogP contribution in [0.2, 0.25) is 0 Å². The van der Waals surface area contributed by atoms with E-state index in [-0.39, 0.29) is 34.7 Å². The van der Waals surface area contributed by atoms with Crippen molar-refractivity contribution in [2.45, 2.75) is 57.7 Å². The van der Waals surface area contributed by atoms with Gasteiger partial charge in [-0.2, -0.15) is 0 Å². The quantitative estimate of drug-likeness (QED) is 0.694. The number of carbonyl (C=O) groups is 2. The molecular weight excluding hydrogens is 404 g/mol. The molecule has 32 heavy (non-hydrogen) atoms. The van der Waals surface area contributed by atoms with E-state index >= 15 is 0 Å². The Morgan fingerprint density at radius 2 is 1.91 bits per heavy atom. The van der Waals surface area contributed by atoms with E-state index in [1.807, 2.05) is 6.08 Å². The summed E-state index contributed by atoms with van der Waals surface area (Å²) in [7, 11) is 2.10. The van der Waals surface area contributed by atoms with Gasteiger partial charge in [-0.05, 0) is 63.1 Å². The van der Waals surface area contributed by atoms with E-state index in [0.29, 0.717) is 19.4 Å². The molecule has 5 rings (SSSR count). The number of piperazine rings is 1.